The van der Waals surface area contributed by atoms with Crippen LogP contribution in [0, 0.1) is 10.1 Å². The Morgan fingerprint density at radius 1 is 1.43 bits per heavy atom. The quantitative estimate of drug-likeness (QED) is 0.674. The predicted molar refractivity (Wildman–Crippen MR) is 78.6 cm³/mol. The molecule has 21 heavy (non-hydrogen) atoms. The number of nitrogens with one attached hydrogen (secondary N) is 1. The maximum absolute atomic E-state index is 11.8. The zero-order valence-corrected chi connectivity index (χ0v) is 12.1. The number of aryl methyl sites for hydroxylation is 1. The largest absolute Gasteiger partial charge is 0.325 e. The number of hydrogen-bond donors (Lipinski definition) is 1. The molecule has 2 rings (SSSR count). The third-order valence-electron chi connectivity index (χ3n) is 2.60. The second-order valence-corrected chi connectivity index (χ2v) is 4.98. The lowest BCUT2D eigenvalue weighted by molar-refractivity contribution is -0.384. The number of rotatable bonds is 5. The van der Waals surface area contributed by atoms with Crippen LogP contribution >= 0.6 is 23.2 Å². The molecule has 1 aromatic heterocycles. The highest BCUT2D eigenvalue weighted by Crippen LogP contribution is 2.26. The number of nitro benzene ring substituents is 1. The third kappa shape index (κ3) is 4.17. The molecule has 1 amide bonds. The van der Waals surface area contributed by atoms with E-state index in [4.69, 9.17) is 23.2 Å². The average molecular weight is 329 g/mol. The van der Waals surface area contributed by atoms with Gasteiger partial charge in [0.15, 0.2) is 0 Å². The van der Waals surface area contributed by atoms with Crippen molar-refractivity contribution in [2.75, 3.05) is 5.32 Å². The molecule has 9 heteroatoms. The van der Waals surface area contributed by atoms with Gasteiger partial charge < -0.3 is 5.32 Å². The van der Waals surface area contributed by atoms with Gasteiger partial charge in [-0.25, -0.2) is 0 Å². The van der Waals surface area contributed by atoms with E-state index in [2.05, 4.69) is 10.4 Å². The van der Waals surface area contributed by atoms with Gasteiger partial charge in [-0.15, -0.1) is 0 Å². The van der Waals surface area contributed by atoms with Crippen molar-refractivity contribution in [3.63, 3.8) is 0 Å². The SMILES string of the molecule is O=C(CCn1cc(Cl)cn1)Nc1cc([N+](=O)[O-])ccc1Cl. The normalized spacial score (nSPS) is 10.4. The van der Waals surface area contributed by atoms with E-state index in [9.17, 15) is 14.9 Å². The van der Waals surface area contributed by atoms with Crippen LogP contribution in [0.2, 0.25) is 10.0 Å². The van der Waals surface area contributed by atoms with Gasteiger partial charge in [0.25, 0.3) is 5.69 Å². The van der Waals surface area contributed by atoms with Crippen LogP contribution in [0.15, 0.2) is 30.6 Å². The fourth-order valence-electron chi connectivity index (χ4n) is 1.61. The topological polar surface area (TPSA) is 90.1 Å². The Bertz CT molecular complexity index is 687. The Kier molecular flexibility index (Phi) is 4.77. The van der Waals surface area contributed by atoms with Crippen molar-refractivity contribution in [2.24, 2.45) is 0 Å². The van der Waals surface area contributed by atoms with Crippen molar-refractivity contribution in [3.8, 4) is 0 Å². The van der Waals surface area contributed by atoms with Crippen LogP contribution < -0.4 is 5.32 Å². The standard InChI is InChI=1S/C12H10Cl2N4O3/c13-8-6-15-17(7-8)4-3-12(19)16-11-5-9(18(20)21)1-2-10(11)14/h1-2,5-7H,3-4H2,(H,16,19). The van der Waals surface area contributed by atoms with Gasteiger partial charge in [-0.3, -0.25) is 19.6 Å². The molecule has 0 aliphatic rings. The minimum absolute atomic E-state index is 0.136. The molecule has 1 heterocycles. The number of benzene rings is 1. The Morgan fingerprint density at radius 3 is 2.81 bits per heavy atom. The first-order valence-electron chi connectivity index (χ1n) is 5.87. The van der Waals surface area contributed by atoms with Gasteiger partial charge >= 0.3 is 0 Å². The summed E-state index contributed by atoms with van der Waals surface area (Å²) >= 11 is 11.6. The monoisotopic (exact) mass is 328 g/mol. The average Bonchev–Trinajstić information content (AvgIpc) is 2.84. The summed E-state index contributed by atoms with van der Waals surface area (Å²) in [4.78, 5) is 21.9. The molecule has 2 aromatic rings. The van der Waals surface area contributed by atoms with Gasteiger partial charge in [-0.1, -0.05) is 23.2 Å². The van der Waals surface area contributed by atoms with Crippen molar-refractivity contribution in [3.05, 3.63) is 50.8 Å². The lowest BCUT2D eigenvalue weighted by Gasteiger charge is -2.07. The number of anilines is 1. The predicted octanol–water partition coefficient (Wildman–Crippen LogP) is 3.13. The number of non-ortho nitro benzene ring substituents is 1. The van der Waals surface area contributed by atoms with E-state index < -0.39 is 4.92 Å². The maximum atomic E-state index is 11.8. The van der Waals surface area contributed by atoms with E-state index in [0.717, 1.165) is 0 Å². The fraction of sp³-hybridized carbons (Fsp3) is 0.167. The van der Waals surface area contributed by atoms with Gasteiger partial charge in [0.1, 0.15) is 0 Å². The van der Waals surface area contributed by atoms with Crippen molar-refractivity contribution < 1.29 is 9.72 Å². The van der Waals surface area contributed by atoms with Crippen LogP contribution in [0.1, 0.15) is 6.42 Å². The first kappa shape index (κ1) is 15.3. The Morgan fingerprint density at radius 2 is 2.19 bits per heavy atom. The summed E-state index contributed by atoms with van der Waals surface area (Å²) in [5, 5.41) is 17.9. The molecule has 0 saturated carbocycles. The molecule has 0 fully saturated rings. The Hall–Kier alpha value is -2.12. The van der Waals surface area contributed by atoms with Crippen LogP contribution in [-0.2, 0) is 11.3 Å². The zero-order chi connectivity index (χ0) is 15.4. The van der Waals surface area contributed by atoms with Gasteiger partial charge in [0, 0.05) is 31.3 Å². The molecular weight excluding hydrogens is 319 g/mol. The molecule has 0 radical (unpaired) electrons. The van der Waals surface area contributed by atoms with Gasteiger partial charge in [0.05, 0.1) is 26.9 Å². The highest BCUT2D eigenvalue weighted by Gasteiger charge is 2.12. The molecule has 0 bridgehead atoms. The highest BCUT2D eigenvalue weighted by atomic mass is 35.5. The van der Waals surface area contributed by atoms with E-state index in [1.165, 1.54) is 29.1 Å². The molecule has 7 nitrogen and oxygen atoms in total. The number of aromatic nitrogens is 2. The molecule has 0 unspecified atom stereocenters. The summed E-state index contributed by atoms with van der Waals surface area (Å²) in [7, 11) is 0. The van der Waals surface area contributed by atoms with Crippen LogP contribution in [0.5, 0.6) is 0 Å². The fourth-order valence-corrected chi connectivity index (χ4v) is 1.93. The van der Waals surface area contributed by atoms with Crippen molar-refractivity contribution in [2.45, 2.75) is 13.0 Å². The molecule has 1 N–H and O–H groups in total. The number of nitro groups is 1. The Balaban J connectivity index is 1.99. The summed E-state index contributed by atoms with van der Waals surface area (Å²) in [6, 6.07) is 3.84. The minimum atomic E-state index is -0.558. The molecule has 0 aliphatic heterocycles. The van der Waals surface area contributed by atoms with Crippen LogP contribution in [0.4, 0.5) is 11.4 Å². The molecule has 0 saturated heterocycles. The van der Waals surface area contributed by atoms with E-state index >= 15 is 0 Å². The second kappa shape index (κ2) is 6.55. The van der Waals surface area contributed by atoms with E-state index in [1.807, 2.05) is 0 Å². The number of halogens is 2. The van der Waals surface area contributed by atoms with Gasteiger partial charge in [0.2, 0.25) is 5.91 Å². The lowest BCUT2D eigenvalue weighted by Crippen LogP contribution is -2.15. The first-order chi connectivity index (χ1) is 9.95. The molecule has 0 aliphatic carbocycles. The van der Waals surface area contributed by atoms with E-state index in [1.54, 1.807) is 6.20 Å². The van der Waals surface area contributed by atoms with E-state index in [0.29, 0.717) is 11.6 Å². The van der Waals surface area contributed by atoms with Crippen molar-refractivity contribution >= 4 is 40.5 Å². The zero-order valence-electron chi connectivity index (χ0n) is 10.6. The van der Waals surface area contributed by atoms with Gasteiger partial charge in [-0.2, -0.15) is 5.10 Å². The summed E-state index contributed by atoms with van der Waals surface area (Å²) in [5.41, 5.74) is 0.0583. The smallest absolute Gasteiger partial charge is 0.271 e. The summed E-state index contributed by atoms with van der Waals surface area (Å²) < 4.78 is 1.52. The third-order valence-corrected chi connectivity index (χ3v) is 3.13. The number of hydrogen-bond acceptors (Lipinski definition) is 4. The summed E-state index contributed by atoms with van der Waals surface area (Å²) in [5.74, 6) is -0.330. The Labute approximate surface area is 129 Å². The number of carbonyl (C=O) groups excluding carboxylic acids is 1. The van der Waals surface area contributed by atoms with Gasteiger partial charge in [-0.05, 0) is 6.07 Å². The molecule has 0 atom stereocenters. The van der Waals surface area contributed by atoms with Crippen LogP contribution in [-0.4, -0.2) is 20.6 Å². The van der Waals surface area contributed by atoms with Crippen molar-refractivity contribution in [1.29, 1.82) is 0 Å². The van der Waals surface area contributed by atoms with Crippen LogP contribution in [0.25, 0.3) is 0 Å². The minimum Gasteiger partial charge on any atom is -0.325 e. The van der Waals surface area contributed by atoms with Crippen molar-refractivity contribution in [1.82, 2.24) is 9.78 Å². The summed E-state index contributed by atoms with van der Waals surface area (Å²) in [6.45, 7) is 0.338. The molecular formula is C12H10Cl2N4O3. The molecule has 110 valence electrons. The van der Waals surface area contributed by atoms with Crippen LogP contribution in [0.3, 0.4) is 0 Å². The molecule has 1 aromatic carbocycles. The highest BCUT2D eigenvalue weighted by molar-refractivity contribution is 6.33. The van der Waals surface area contributed by atoms with E-state index in [-0.39, 0.29) is 28.7 Å². The lowest BCUT2D eigenvalue weighted by atomic mass is 10.2. The number of carbonyl (C=O) groups is 1. The second-order valence-electron chi connectivity index (χ2n) is 4.14. The summed E-state index contributed by atoms with van der Waals surface area (Å²) in [6.07, 6.45) is 3.20. The molecule has 0 spiro atoms. The number of nitrogens with zero attached hydrogens (tertiary/aromatic N) is 3. The number of amides is 1. The first-order valence-corrected chi connectivity index (χ1v) is 6.63. The maximum Gasteiger partial charge on any atom is 0.271 e.